The average molecular weight is 434 g/mol. The summed E-state index contributed by atoms with van der Waals surface area (Å²) in [4.78, 5) is 11.6. The van der Waals surface area contributed by atoms with Gasteiger partial charge in [0.05, 0.1) is 0 Å². The summed E-state index contributed by atoms with van der Waals surface area (Å²) in [5.74, 6) is 3.12. The molecule has 2 heterocycles. The van der Waals surface area contributed by atoms with Gasteiger partial charge in [0.25, 0.3) is 0 Å². The number of aromatic nitrogens is 2. The van der Waals surface area contributed by atoms with Crippen LogP contribution in [0.15, 0.2) is 66.7 Å². The van der Waals surface area contributed by atoms with E-state index in [9.17, 15) is 0 Å². The smallest absolute Gasteiger partial charge is 0.234 e. The number of nitrogens with one attached hydrogen (secondary N) is 2. The summed E-state index contributed by atoms with van der Waals surface area (Å²) < 4.78 is 6.01. The van der Waals surface area contributed by atoms with Crippen molar-refractivity contribution in [2.75, 3.05) is 23.3 Å². The first-order valence-electron chi connectivity index (χ1n) is 10.6. The van der Waals surface area contributed by atoms with Crippen LogP contribution in [0.4, 0.5) is 11.8 Å². The van der Waals surface area contributed by atoms with Crippen LogP contribution < -0.4 is 20.3 Å². The van der Waals surface area contributed by atoms with Crippen LogP contribution in [0.3, 0.4) is 0 Å². The molecule has 4 rings (SSSR count). The van der Waals surface area contributed by atoms with Gasteiger partial charge >= 0.3 is 0 Å². The topological polar surface area (TPSA) is 62.3 Å². The van der Waals surface area contributed by atoms with Gasteiger partial charge in [0.2, 0.25) is 11.8 Å². The molecule has 1 saturated heterocycles. The van der Waals surface area contributed by atoms with E-state index in [1.807, 2.05) is 54.6 Å². The number of ether oxygens (including phenoxy) is 1. The number of thiocarbonyl (C=S) groups is 1. The molecule has 2 aromatic carbocycles. The highest BCUT2D eigenvalue weighted by atomic mass is 32.1. The first-order valence-corrected chi connectivity index (χ1v) is 11.0. The monoisotopic (exact) mass is 433 g/mol. The van der Waals surface area contributed by atoms with Crippen molar-refractivity contribution in [2.45, 2.75) is 26.3 Å². The minimum absolute atomic E-state index is 0.423. The number of para-hydroxylation sites is 1. The van der Waals surface area contributed by atoms with Crippen LogP contribution in [0.25, 0.3) is 0 Å². The Kier molecular flexibility index (Phi) is 6.94. The highest BCUT2D eigenvalue weighted by Crippen LogP contribution is 2.27. The Bertz CT molecular complexity index is 999. The first kappa shape index (κ1) is 21.1. The molecule has 0 spiro atoms. The molecule has 0 radical (unpaired) electrons. The highest BCUT2D eigenvalue weighted by Gasteiger charge is 2.20. The molecule has 1 atom stereocenters. The van der Waals surface area contributed by atoms with Gasteiger partial charge in [-0.1, -0.05) is 55.5 Å². The molecule has 0 aliphatic carbocycles. The fraction of sp³-hybridized carbons (Fsp3) is 0.292. The second kappa shape index (κ2) is 10.2. The zero-order valence-electron chi connectivity index (χ0n) is 17.6. The molecule has 7 heteroatoms. The van der Waals surface area contributed by atoms with Crippen LogP contribution in [0.1, 0.15) is 25.3 Å². The zero-order chi connectivity index (χ0) is 21.5. The van der Waals surface area contributed by atoms with E-state index in [-0.39, 0.29) is 0 Å². The second-order valence-corrected chi connectivity index (χ2v) is 8.20. The summed E-state index contributed by atoms with van der Waals surface area (Å²) in [7, 11) is 0. The Morgan fingerprint density at radius 3 is 2.58 bits per heavy atom. The maximum absolute atomic E-state index is 6.01. The van der Waals surface area contributed by atoms with E-state index in [1.165, 1.54) is 6.42 Å². The first-order chi connectivity index (χ1) is 15.2. The molecule has 1 aliphatic heterocycles. The minimum Gasteiger partial charge on any atom is -0.439 e. The third-order valence-corrected chi connectivity index (χ3v) is 5.40. The SMILES string of the molecule is C[C@@H]1CCCN(c2cc(Oc3ccccc3)nc(NC(=S)NCc3ccccc3)n2)C1. The molecule has 0 bridgehead atoms. The normalized spacial score (nSPS) is 15.9. The molecule has 0 amide bonds. The van der Waals surface area contributed by atoms with E-state index in [1.54, 1.807) is 0 Å². The predicted molar refractivity (Wildman–Crippen MR) is 129 cm³/mol. The maximum atomic E-state index is 6.01. The van der Waals surface area contributed by atoms with Crippen molar-refractivity contribution in [1.29, 1.82) is 0 Å². The van der Waals surface area contributed by atoms with E-state index < -0.39 is 0 Å². The van der Waals surface area contributed by atoms with Crippen molar-refractivity contribution in [3.8, 4) is 11.6 Å². The van der Waals surface area contributed by atoms with E-state index in [0.717, 1.165) is 36.6 Å². The highest BCUT2D eigenvalue weighted by molar-refractivity contribution is 7.80. The lowest BCUT2D eigenvalue weighted by molar-refractivity contribution is 0.440. The number of nitrogens with zero attached hydrogens (tertiary/aromatic N) is 3. The molecule has 0 unspecified atom stereocenters. The van der Waals surface area contributed by atoms with Crippen molar-refractivity contribution in [3.05, 3.63) is 72.3 Å². The summed E-state index contributed by atoms with van der Waals surface area (Å²) in [5.41, 5.74) is 1.15. The Morgan fingerprint density at radius 1 is 1.10 bits per heavy atom. The summed E-state index contributed by atoms with van der Waals surface area (Å²) in [6, 6.07) is 21.7. The Morgan fingerprint density at radius 2 is 1.84 bits per heavy atom. The lowest BCUT2D eigenvalue weighted by Gasteiger charge is -2.32. The van der Waals surface area contributed by atoms with Gasteiger partial charge in [-0.25, -0.2) is 0 Å². The molecular formula is C24H27N5OS. The third-order valence-electron chi connectivity index (χ3n) is 5.16. The number of hydrogen-bond donors (Lipinski definition) is 2. The number of rotatable bonds is 6. The molecular weight excluding hydrogens is 406 g/mol. The molecule has 6 nitrogen and oxygen atoms in total. The van der Waals surface area contributed by atoms with Gasteiger partial charge in [-0.05, 0) is 48.7 Å². The van der Waals surface area contributed by atoms with Crippen LogP contribution in [0.2, 0.25) is 0 Å². The summed E-state index contributed by atoms with van der Waals surface area (Å²) >= 11 is 5.47. The van der Waals surface area contributed by atoms with E-state index in [2.05, 4.69) is 39.6 Å². The summed E-state index contributed by atoms with van der Waals surface area (Å²) in [6.45, 7) is 4.85. The van der Waals surface area contributed by atoms with Crippen molar-refractivity contribution in [1.82, 2.24) is 15.3 Å². The van der Waals surface area contributed by atoms with Gasteiger partial charge in [-0.3, -0.25) is 0 Å². The van der Waals surface area contributed by atoms with E-state index in [0.29, 0.717) is 29.4 Å². The molecule has 0 saturated carbocycles. The van der Waals surface area contributed by atoms with Gasteiger partial charge in [0, 0.05) is 25.7 Å². The van der Waals surface area contributed by atoms with Gasteiger partial charge in [-0.15, -0.1) is 0 Å². The standard InChI is InChI=1S/C24H27N5OS/c1-18-9-8-14-29(17-18)21-15-22(30-20-12-6-3-7-13-20)27-23(26-21)28-24(31)25-16-19-10-4-2-5-11-19/h2-7,10-13,15,18H,8-9,14,16-17H2,1H3,(H2,25,26,27,28,31)/t18-/m1/s1. The molecule has 2 N–H and O–H groups in total. The van der Waals surface area contributed by atoms with Crippen molar-refractivity contribution in [3.63, 3.8) is 0 Å². The molecule has 1 fully saturated rings. The Labute approximate surface area is 188 Å². The summed E-state index contributed by atoms with van der Waals surface area (Å²) in [5, 5.41) is 6.80. The van der Waals surface area contributed by atoms with Crippen LogP contribution in [-0.4, -0.2) is 28.2 Å². The fourth-order valence-corrected chi connectivity index (χ4v) is 3.78. The van der Waals surface area contributed by atoms with Gasteiger partial charge < -0.3 is 20.3 Å². The third kappa shape index (κ3) is 6.15. The van der Waals surface area contributed by atoms with Gasteiger partial charge in [-0.2, -0.15) is 9.97 Å². The van der Waals surface area contributed by atoms with Crippen molar-refractivity contribution >= 4 is 29.1 Å². The minimum atomic E-state index is 0.423. The molecule has 1 aliphatic rings. The number of anilines is 2. The largest absolute Gasteiger partial charge is 0.439 e. The molecule has 1 aromatic heterocycles. The van der Waals surface area contributed by atoms with Crippen LogP contribution in [0, 0.1) is 5.92 Å². The van der Waals surface area contributed by atoms with Crippen molar-refractivity contribution in [2.24, 2.45) is 5.92 Å². The van der Waals surface area contributed by atoms with Crippen molar-refractivity contribution < 1.29 is 4.74 Å². The molecule has 3 aromatic rings. The quantitative estimate of drug-likeness (QED) is 0.531. The lowest BCUT2D eigenvalue weighted by Crippen LogP contribution is -2.35. The second-order valence-electron chi connectivity index (χ2n) is 7.79. The maximum Gasteiger partial charge on any atom is 0.234 e. The number of hydrogen-bond acceptors (Lipinski definition) is 5. The summed E-state index contributed by atoms with van der Waals surface area (Å²) in [6.07, 6.45) is 2.40. The molecule has 160 valence electrons. The number of benzene rings is 2. The zero-order valence-corrected chi connectivity index (χ0v) is 18.4. The Hall–Kier alpha value is -3.19. The van der Waals surface area contributed by atoms with Gasteiger partial charge in [0.15, 0.2) is 5.11 Å². The van der Waals surface area contributed by atoms with E-state index in [4.69, 9.17) is 21.9 Å². The fourth-order valence-electron chi connectivity index (χ4n) is 3.61. The van der Waals surface area contributed by atoms with Gasteiger partial charge in [0.1, 0.15) is 11.6 Å². The Balaban J connectivity index is 1.51. The average Bonchev–Trinajstić information content (AvgIpc) is 2.79. The van der Waals surface area contributed by atoms with Crippen LogP contribution in [0.5, 0.6) is 11.6 Å². The lowest BCUT2D eigenvalue weighted by atomic mass is 10.0. The number of piperidine rings is 1. The van der Waals surface area contributed by atoms with Crippen LogP contribution in [-0.2, 0) is 6.54 Å². The van der Waals surface area contributed by atoms with Crippen LogP contribution >= 0.6 is 12.2 Å². The predicted octanol–water partition coefficient (Wildman–Crippen LogP) is 4.99. The molecule has 31 heavy (non-hydrogen) atoms. The van der Waals surface area contributed by atoms with E-state index >= 15 is 0 Å².